The lowest BCUT2D eigenvalue weighted by Gasteiger charge is -2.25. The summed E-state index contributed by atoms with van der Waals surface area (Å²) in [6.45, 7) is 4.83. The summed E-state index contributed by atoms with van der Waals surface area (Å²) < 4.78 is 23.1. The largest absolute Gasteiger partial charge is 0.477 e. The third-order valence-electron chi connectivity index (χ3n) is 18.7. The van der Waals surface area contributed by atoms with Gasteiger partial charge in [0.1, 0.15) is 13.2 Å². The van der Waals surface area contributed by atoms with Gasteiger partial charge in [-0.3, -0.25) is 9.59 Å². The van der Waals surface area contributed by atoms with Crippen molar-refractivity contribution in [2.75, 3.05) is 47.5 Å². The van der Waals surface area contributed by atoms with Crippen LogP contribution < -0.4 is 0 Å². The first-order valence-electron chi connectivity index (χ1n) is 41.6. The van der Waals surface area contributed by atoms with Gasteiger partial charge in [-0.2, -0.15) is 0 Å². The Morgan fingerprint density at radius 2 is 0.594 bits per heavy atom. The van der Waals surface area contributed by atoms with Crippen LogP contribution >= 0.6 is 0 Å². The zero-order valence-corrected chi connectivity index (χ0v) is 64.3. The van der Waals surface area contributed by atoms with Crippen molar-refractivity contribution in [1.29, 1.82) is 0 Å². The van der Waals surface area contributed by atoms with Crippen LogP contribution in [0.2, 0.25) is 0 Å². The van der Waals surface area contributed by atoms with Crippen LogP contribution in [-0.2, 0) is 33.3 Å². The van der Waals surface area contributed by atoms with Crippen molar-refractivity contribution < 1.29 is 42.9 Å². The number of likely N-dealkylation sites (N-methyl/N-ethyl adjacent to an activating group) is 1. The van der Waals surface area contributed by atoms with Gasteiger partial charge in [0, 0.05) is 12.8 Å². The van der Waals surface area contributed by atoms with Gasteiger partial charge in [-0.15, -0.1) is 0 Å². The zero-order chi connectivity index (χ0) is 69.7. The number of unbranched alkanes of at least 4 members (excludes halogenated alkanes) is 51. The highest BCUT2D eigenvalue weighted by atomic mass is 16.7. The number of carboxylic acids is 1. The van der Waals surface area contributed by atoms with Gasteiger partial charge in [-0.25, -0.2) is 4.79 Å². The molecule has 0 aliphatic rings. The summed E-state index contributed by atoms with van der Waals surface area (Å²) in [6, 6.07) is 0. The van der Waals surface area contributed by atoms with E-state index in [9.17, 15) is 19.5 Å². The predicted molar refractivity (Wildman–Crippen MR) is 415 cm³/mol. The lowest BCUT2D eigenvalue weighted by atomic mass is 10.0. The van der Waals surface area contributed by atoms with Crippen LogP contribution in [0.3, 0.4) is 0 Å². The molecule has 96 heavy (non-hydrogen) atoms. The molecule has 0 spiro atoms. The Bertz CT molecular complexity index is 1810. The number of carboxylic acid groups (broad SMARTS) is 1. The number of quaternary nitrogens is 1. The maximum atomic E-state index is 13.0. The summed E-state index contributed by atoms with van der Waals surface area (Å²) in [7, 11) is 6.00. The first kappa shape index (κ1) is 92.7. The zero-order valence-electron chi connectivity index (χ0n) is 64.3. The molecule has 0 aliphatic carbocycles. The second-order valence-electron chi connectivity index (χ2n) is 29.4. The number of aliphatic carboxylic acids is 1. The molecule has 2 unspecified atom stereocenters. The lowest BCUT2D eigenvalue weighted by molar-refractivity contribution is -0.870. The van der Waals surface area contributed by atoms with Crippen molar-refractivity contribution in [3.05, 3.63) is 72.9 Å². The minimum Gasteiger partial charge on any atom is -0.477 e. The number of carbonyl (C=O) groups is 3. The topological polar surface area (TPSA) is 108 Å². The van der Waals surface area contributed by atoms with E-state index in [1.807, 2.05) is 21.1 Å². The van der Waals surface area contributed by atoms with Gasteiger partial charge in [0.05, 0.1) is 34.4 Å². The number of carbonyl (C=O) groups excluding carboxylic acids is 2. The van der Waals surface area contributed by atoms with E-state index < -0.39 is 18.4 Å². The number of hydrogen-bond acceptors (Lipinski definition) is 7. The molecule has 0 saturated heterocycles. The van der Waals surface area contributed by atoms with Crippen LogP contribution in [0.4, 0.5) is 0 Å². The van der Waals surface area contributed by atoms with Gasteiger partial charge in [-0.05, 0) is 64.2 Å². The summed E-state index contributed by atoms with van der Waals surface area (Å²) >= 11 is 0. The summed E-state index contributed by atoms with van der Waals surface area (Å²) in [4.78, 5) is 37.8. The monoisotopic (exact) mass is 1350 g/mol. The lowest BCUT2D eigenvalue weighted by Crippen LogP contribution is -2.40. The van der Waals surface area contributed by atoms with Crippen LogP contribution in [0, 0.1) is 0 Å². The molecule has 0 radical (unpaired) electrons. The number of ether oxygens (including phenoxy) is 4. The molecule has 0 heterocycles. The van der Waals surface area contributed by atoms with E-state index in [4.69, 9.17) is 18.9 Å². The minimum absolute atomic E-state index is 0.178. The van der Waals surface area contributed by atoms with Gasteiger partial charge in [0.25, 0.3) is 6.29 Å². The smallest absolute Gasteiger partial charge is 0.361 e. The van der Waals surface area contributed by atoms with E-state index in [0.29, 0.717) is 17.4 Å². The molecule has 560 valence electrons. The highest BCUT2D eigenvalue weighted by Gasteiger charge is 2.25. The third kappa shape index (κ3) is 78.1. The molecule has 0 rings (SSSR count). The Hall–Kier alpha value is -3.27. The van der Waals surface area contributed by atoms with Crippen molar-refractivity contribution in [1.82, 2.24) is 0 Å². The molecule has 0 fully saturated rings. The van der Waals surface area contributed by atoms with E-state index in [1.165, 1.54) is 302 Å². The van der Waals surface area contributed by atoms with E-state index in [1.54, 1.807) is 0 Å². The summed E-state index contributed by atoms with van der Waals surface area (Å²) in [5, 5.41) is 9.78. The second-order valence-corrected chi connectivity index (χ2v) is 29.4. The second kappa shape index (κ2) is 77.5. The average molecular weight is 1350 g/mol. The Morgan fingerprint density at radius 1 is 0.323 bits per heavy atom. The Kier molecular flexibility index (Phi) is 74.8. The van der Waals surface area contributed by atoms with E-state index in [-0.39, 0.29) is 38.2 Å². The maximum Gasteiger partial charge on any atom is 0.361 e. The van der Waals surface area contributed by atoms with Gasteiger partial charge < -0.3 is 28.5 Å². The fraction of sp³-hybridized carbons (Fsp3) is 0.828. The molecule has 0 aromatic heterocycles. The highest BCUT2D eigenvalue weighted by Crippen LogP contribution is 2.20. The predicted octanol–water partition coefficient (Wildman–Crippen LogP) is 26.8. The fourth-order valence-electron chi connectivity index (χ4n) is 12.4. The van der Waals surface area contributed by atoms with Crippen LogP contribution in [0.1, 0.15) is 406 Å². The van der Waals surface area contributed by atoms with Crippen LogP contribution in [0.25, 0.3) is 0 Å². The number of nitrogens with zero attached hydrogens (tertiary/aromatic N) is 1. The van der Waals surface area contributed by atoms with Gasteiger partial charge >= 0.3 is 17.9 Å². The van der Waals surface area contributed by atoms with Crippen LogP contribution in [0.15, 0.2) is 72.9 Å². The summed E-state index contributed by atoms with van der Waals surface area (Å²) in [6.07, 6.45) is 102. The summed E-state index contributed by atoms with van der Waals surface area (Å²) in [5.74, 6) is -1.98. The molecule has 0 aromatic carbocycles. The Morgan fingerprint density at radius 3 is 0.885 bits per heavy atom. The number of rotatable bonds is 78. The quantitative estimate of drug-likeness (QED) is 0.0211. The molecule has 9 heteroatoms. The van der Waals surface area contributed by atoms with E-state index >= 15 is 0 Å². The van der Waals surface area contributed by atoms with Crippen molar-refractivity contribution in [2.45, 2.75) is 418 Å². The van der Waals surface area contributed by atoms with Crippen molar-refractivity contribution >= 4 is 17.9 Å². The van der Waals surface area contributed by atoms with E-state index in [2.05, 4.69) is 86.8 Å². The molecular formula is C87H160NO8+. The molecule has 1 N–H and O–H groups in total. The third-order valence-corrected chi connectivity index (χ3v) is 18.7. The number of esters is 2. The fourth-order valence-corrected chi connectivity index (χ4v) is 12.4. The average Bonchev–Trinajstić information content (AvgIpc) is 2.43. The highest BCUT2D eigenvalue weighted by molar-refractivity contribution is 5.71. The maximum absolute atomic E-state index is 13.0. The van der Waals surface area contributed by atoms with Crippen molar-refractivity contribution in [3.63, 3.8) is 0 Å². The minimum atomic E-state index is -1.51. The Labute approximate surface area is 596 Å². The molecule has 9 nitrogen and oxygen atoms in total. The normalized spacial score (nSPS) is 13.0. The first-order chi connectivity index (χ1) is 47.1. The van der Waals surface area contributed by atoms with Gasteiger partial charge in [0.2, 0.25) is 0 Å². The Balaban J connectivity index is 3.97. The number of hydrogen-bond donors (Lipinski definition) is 1. The van der Waals surface area contributed by atoms with Gasteiger partial charge in [0.15, 0.2) is 6.10 Å². The molecule has 0 saturated carbocycles. The summed E-state index contributed by atoms with van der Waals surface area (Å²) in [5.41, 5.74) is 0. The molecule has 0 aliphatic heterocycles. The molecule has 0 bridgehead atoms. The van der Waals surface area contributed by atoms with Crippen molar-refractivity contribution in [3.8, 4) is 0 Å². The van der Waals surface area contributed by atoms with Crippen molar-refractivity contribution in [2.24, 2.45) is 0 Å². The number of allylic oxidation sites excluding steroid dienone is 12. The molecule has 2 atom stereocenters. The molecular weight excluding hydrogens is 1190 g/mol. The van der Waals surface area contributed by atoms with E-state index in [0.717, 1.165) is 77.0 Å². The molecule has 0 aromatic rings. The van der Waals surface area contributed by atoms with Crippen LogP contribution in [-0.4, -0.2) is 87.4 Å². The van der Waals surface area contributed by atoms with Crippen LogP contribution in [0.5, 0.6) is 0 Å². The SMILES string of the molecule is CC/C=C\C/C=C\C/C=C\C/C=C\C/C=C\C/C=C\CCCCCCCCCCCCCCCCCCC(=O)OC(COC(=O)CCCCCCCCCCCCCCCCCCCCCCCCCCCCCCCCCCCCCC)COC(OCC[N+](C)(C)C)C(=O)O. The molecule has 0 amide bonds. The first-order valence-corrected chi connectivity index (χ1v) is 41.6. The standard InChI is InChI=1S/C87H159NO8/c1-6-8-10-12-14-16-18-20-22-24-26-28-30-32-34-36-38-40-42-44-45-47-49-51-53-55-57-59-61-63-65-67-69-71-73-75-77-84(89)94-81-83(82-95-87(86(91)92)93-80-79-88(3,4)5)96-85(90)78-76-74-72-70-68-66-64-62-60-58-56-54-52-50-48-46-43-41-39-37-35-33-31-29-27-25-23-21-19-17-15-13-11-9-7-2/h9,11,15,17,21,23,27,29,33,35,39,41,83,87H,6-8,10,12-14,16,18-20,22,24-26,28,30-32,34,36-38,40,42-82H2,1-5H3/p+1/b11-9-,17-15-,23-21-,29-27-,35-33-,41-39-. The van der Waals surface area contributed by atoms with Gasteiger partial charge in [-0.1, -0.05) is 401 Å².